The Labute approximate surface area is 107 Å². The Morgan fingerprint density at radius 3 is 1.93 bits per heavy atom. The van der Waals surface area contributed by atoms with Gasteiger partial charge in [-0.3, -0.25) is 0 Å². The molecule has 6 heteroatoms. The summed E-state index contributed by atoms with van der Waals surface area (Å²) in [5.41, 5.74) is 0.232. The lowest BCUT2D eigenvalue weighted by Crippen LogP contribution is -2.20. The SMILES string of the molecule is OC(CCl)C(O)c1c(Cl)cc(Cl)cc1Cl. The van der Waals surface area contributed by atoms with Crippen molar-refractivity contribution in [3.63, 3.8) is 0 Å². The van der Waals surface area contributed by atoms with Crippen LogP contribution >= 0.6 is 46.4 Å². The maximum atomic E-state index is 9.70. The van der Waals surface area contributed by atoms with Crippen LogP contribution in [0.2, 0.25) is 15.1 Å². The molecule has 15 heavy (non-hydrogen) atoms. The van der Waals surface area contributed by atoms with Gasteiger partial charge in [0.25, 0.3) is 0 Å². The first-order valence-electron chi connectivity index (χ1n) is 4.04. The summed E-state index contributed by atoms with van der Waals surface area (Å²) in [5, 5.41) is 19.8. The summed E-state index contributed by atoms with van der Waals surface area (Å²) in [6.07, 6.45) is -2.34. The minimum absolute atomic E-state index is 0.115. The van der Waals surface area contributed by atoms with Crippen LogP contribution in [0.1, 0.15) is 11.7 Å². The third kappa shape index (κ3) is 3.13. The van der Waals surface area contributed by atoms with Crippen LogP contribution in [0.3, 0.4) is 0 Å². The minimum atomic E-state index is -1.22. The number of aliphatic hydroxyl groups is 2. The summed E-state index contributed by atoms with van der Waals surface area (Å²) in [5.74, 6) is -0.115. The molecule has 0 saturated carbocycles. The number of aliphatic hydroxyl groups excluding tert-OH is 2. The lowest BCUT2D eigenvalue weighted by molar-refractivity contribution is 0.0328. The van der Waals surface area contributed by atoms with Crippen LogP contribution in [-0.2, 0) is 0 Å². The molecule has 2 N–H and O–H groups in total. The zero-order valence-electron chi connectivity index (χ0n) is 7.42. The van der Waals surface area contributed by atoms with Crippen LogP contribution in [0, 0.1) is 0 Å². The number of halogens is 4. The largest absolute Gasteiger partial charge is 0.389 e. The van der Waals surface area contributed by atoms with E-state index < -0.39 is 12.2 Å². The second-order valence-electron chi connectivity index (χ2n) is 2.95. The van der Waals surface area contributed by atoms with Gasteiger partial charge >= 0.3 is 0 Å². The fourth-order valence-corrected chi connectivity index (χ4v) is 2.32. The molecule has 84 valence electrons. The highest BCUT2D eigenvalue weighted by Gasteiger charge is 2.23. The Kier molecular flexibility index (Phi) is 4.97. The van der Waals surface area contributed by atoms with E-state index in [-0.39, 0.29) is 21.5 Å². The quantitative estimate of drug-likeness (QED) is 0.839. The van der Waals surface area contributed by atoms with Gasteiger partial charge in [-0.2, -0.15) is 0 Å². The van der Waals surface area contributed by atoms with Crippen LogP contribution < -0.4 is 0 Å². The molecule has 0 fully saturated rings. The zero-order valence-corrected chi connectivity index (χ0v) is 10.4. The van der Waals surface area contributed by atoms with E-state index in [1.54, 1.807) is 0 Å². The van der Waals surface area contributed by atoms with E-state index >= 15 is 0 Å². The van der Waals surface area contributed by atoms with Crippen molar-refractivity contribution in [2.45, 2.75) is 12.2 Å². The number of benzene rings is 1. The van der Waals surface area contributed by atoms with Crippen molar-refractivity contribution < 1.29 is 10.2 Å². The molecule has 2 unspecified atom stereocenters. The van der Waals surface area contributed by atoms with E-state index in [1.165, 1.54) is 12.1 Å². The first kappa shape index (κ1) is 13.4. The molecule has 0 spiro atoms. The van der Waals surface area contributed by atoms with Gasteiger partial charge in [-0.15, -0.1) is 11.6 Å². The monoisotopic (exact) mass is 288 g/mol. The number of hydrogen-bond donors (Lipinski definition) is 2. The van der Waals surface area contributed by atoms with Crippen molar-refractivity contribution in [3.8, 4) is 0 Å². The zero-order chi connectivity index (χ0) is 11.6. The lowest BCUT2D eigenvalue weighted by Gasteiger charge is -2.18. The smallest absolute Gasteiger partial charge is 0.109 e. The van der Waals surface area contributed by atoms with E-state index in [1.807, 2.05) is 0 Å². The summed E-state index contributed by atoms with van der Waals surface area (Å²) in [6.45, 7) is 0. The standard InChI is InChI=1S/C9H8Cl4O2/c10-3-7(14)9(15)8-5(12)1-4(11)2-6(8)13/h1-2,7,9,14-15H,3H2. The van der Waals surface area contributed by atoms with Gasteiger partial charge in [0.15, 0.2) is 0 Å². The second-order valence-corrected chi connectivity index (χ2v) is 4.51. The van der Waals surface area contributed by atoms with Gasteiger partial charge in [0, 0.05) is 20.6 Å². The van der Waals surface area contributed by atoms with E-state index in [2.05, 4.69) is 0 Å². The van der Waals surface area contributed by atoms with E-state index in [0.29, 0.717) is 5.02 Å². The number of rotatable bonds is 3. The molecule has 0 aliphatic heterocycles. The Hall–Kier alpha value is 0.300. The number of hydrogen-bond acceptors (Lipinski definition) is 2. The van der Waals surface area contributed by atoms with Gasteiger partial charge in [0.2, 0.25) is 0 Å². The van der Waals surface area contributed by atoms with E-state index in [9.17, 15) is 10.2 Å². The van der Waals surface area contributed by atoms with Crippen molar-refractivity contribution in [2.24, 2.45) is 0 Å². The minimum Gasteiger partial charge on any atom is -0.389 e. The Balaban J connectivity index is 3.13. The molecule has 0 saturated heterocycles. The summed E-state index contributed by atoms with van der Waals surface area (Å²) in [7, 11) is 0. The molecule has 0 radical (unpaired) electrons. The fraction of sp³-hybridized carbons (Fsp3) is 0.333. The summed E-state index contributed by atoms with van der Waals surface area (Å²) in [4.78, 5) is 0. The fourth-order valence-electron chi connectivity index (χ4n) is 1.11. The normalized spacial score (nSPS) is 15.1. The Morgan fingerprint density at radius 2 is 1.53 bits per heavy atom. The average molecular weight is 290 g/mol. The first-order valence-corrected chi connectivity index (χ1v) is 5.70. The molecule has 0 aromatic heterocycles. The van der Waals surface area contributed by atoms with Crippen molar-refractivity contribution >= 4 is 46.4 Å². The molecule has 0 aliphatic rings. The molecule has 2 atom stereocenters. The van der Waals surface area contributed by atoms with Crippen LogP contribution in [0.4, 0.5) is 0 Å². The Bertz CT molecular complexity index is 333. The highest BCUT2D eigenvalue weighted by Crippen LogP contribution is 2.35. The molecule has 1 rings (SSSR count). The van der Waals surface area contributed by atoms with Gasteiger partial charge in [-0.1, -0.05) is 34.8 Å². The van der Waals surface area contributed by atoms with Crippen molar-refractivity contribution in [3.05, 3.63) is 32.8 Å². The maximum Gasteiger partial charge on any atom is 0.109 e. The third-order valence-corrected chi connectivity index (χ3v) is 3.02. The van der Waals surface area contributed by atoms with E-state index in [4.69, 9.17) is 46.4 Å². The molecule has 0 amide bonds. The van der Waals surface area contributed by atoms with Crippen LogP contribution in [0.5, 0.6) is 0 Å². The van der Waals surface area contributed by atoms with Crippen molar-refractivity contribution in [1.82, 2.24) is 0 Å². The van der Waals surface area contributed by atoms with Crippen molar-refractivity contribution in [2.75, 3.05) is 5.88 Å². The van der Waals surface area contributed by atoms with Crippen LogP contribution in [0.25, 0.3) is 0 Å². The van der Waals surface area contributed by atoms with E-state index in [0.717, 1.165) is 0 Å². The summed E-state index contributed by atoms with van der Waals surface area (Å²) >= 11 is 22.8. The predicted octanol–water partition coefficient (Wildman–Crippen LogP) is 3.28. The lowest BCUT2D eigenvalue weighted by atomic mass is 10.1. The van der Waals surface area contributed by atoms with Gasteiger partial charge < -0.3 is 10.2 Å². The molecule has 1 aromatic carbocycles. The summed E-state index contributed by atoms with van der Waals surface area (Å²) < 4.78 is 0. The molecule has 0 bridgehead atoms. The molecule has 0 heterocycles. The van der Waals surface area contributed by atoms with Crippen LogP contribution in [0.15, 0.2) is 12.1 Å². The van der Waals surface area contributed by atoms with Gasteiger partial charge in [-0.05, 0) is 12.1 Å². The first-order chi connectivity index (χ1) is 6.97. The molecule has 1 aromatic rings. The predicted molar refractivity (Wildman–Crippen MR) is 63.2 cm³/mol. The van der Waals surface area contributed by atoms with Gasteiger partial charge in [0.1, 0.15) is 6.10 Å². The highest BCUT2D eigenvalue weighted by atomic mass is 35.5. The molecule has 0 aliphatic carbocycles. The maximum absolute atomic E-state index is 9.70. The topological polar surface area (TPSA) is 40.5 Å². The van der Waals surface area contributed by atoms with Gasteiger partial charge in [0.05, 0.1) is 12.0 Å². The highest BCUT2D eigenvalue weighted by molar-refractivity contribution is 6.39. The second kappa shape index (κ2) is 5.58. The van der Waals surface area contributed by atoms with Crippen LogP contribution in [-0.4, -0.2) is 22.2 Å². The molecule has 2 nitrogen and oxygen atoms in total. The van der Waals surface area contributed by atoms with Gasteiger partial charge in [-0.25, -0.2) is 0 Å². The summed E-state index contributed by atoms with van der Waals surface area (Å²) in [6, 6.07) is 2.88. The molecular weight excluding hydrogens is 282 g/mol. The molecular formula is C9H8Cl4O2. The third-order valence-electron chi connectivity index (χ3n) is 1.86. The number of alkyl halides is 1. The van der Waals surface area contributed by atoms with Crippen molar-refractivity contribution in [1.29, 1.82) is 0 Å². The average Bonchev–Trinajstić information content (AvgIpc) is 2.14. The Morgan fingerprint density at radius 1 is 1.07 bits per heavy atom.